The van der Waals surface area contributed by atoms with Gasteiger partial charge in [-0.25, -0.2) is 4.57 Å². The summed E-state index contributed by atoms with van der Waals surface area (Å²) < 4.78 is 38.7. The quantitative estimate of drug-likeness (QED) is 0.0148. The molecule has 6 N–H and O–H groups in total. The summed E-state index contributed by atoms with van der Waals surface area (Å²) in [5.41, 5.74) is 0. The summed E-state index contributed by atoms with van der Waals surface area (Å²) in [6.07, 6.45) is 30.3. The van der Waals surface area contributed by atoms with Gasteiger partial charge in [0.05, 0.1) is 26.4 Å². The predicted octanol–water partition coefficient (Wildman–Crippen LogP) is 8.26. The highest BCUT2D eigenvalue weighted by Gasteiger charge is 2.48. The number of hydrogen-bond donors (Lipinski definition) is 6. The molecule has 15 heteroatoms. The van der Waals surface area contributed by atoms with Crippen LogP contribution in [0.3, 0.4) is 0 Å². The van der Waals surface area contributed by atoms with E-state index in [1.165, 1.54) is 77.0 Å². The Morgan fingerprint density at radius 1 is 0.717 bits per heavy atom. The lowest BCUT2D eigenvalue weighted by Crippen LogP contribution is -2.64. The fraction of sp³-hybridized carbons (Fsp3) is 0.867. The summed E-state index contributed by atoms with van der Waals surface area (Å²) in [4.78, 5) is 35.6. The van der Waals surface area contributed by atoms with Crippen LogP contribution in [0, 0.1) is 0 Å². The highest BCUT2D eigenvalue weighted by molar-refractivity contribution is 7.47. The molecule has 1 aliphatic rings. The molecule has 1 heterocycles. The Labute approximate surface area is 361 Å². The van der Waals surface area contributed by atoms with E-state index < -0.39 is 63.2 Å². The van der Waals surface area contributed by atoms with Gasteiger partial charge < -0.3 is 44.8 Å². The molecular weight excluding hydrogens is 793 g/mol. The third kappa shape index (κ3) is 30.4. The molecule has 0 saturated carbocycles. The highest BCUT2D eigenvalue weighted by atomic mass is 31.2. The summed E-state index contributed by atoms with van der Waals surface area (Å²) in [6.45, 7) is 2.32. The lowest BCUT2D eigenvalue weighted by atomic mass is 9.97. The van der Waals surface area contributed by atoms with E-state index in [0.717, 1.165) is 64.2 Å². The fourth-order valence-corrected chi connectivity index (χ4v) is 7.50. The maximum Gasteiger partial charge on any atom is 0.472 e. The number of aliphatic hydroxyl groups is 4. The van der Waals surface area contributed by atoms with Gasteiger partial charge in [-0.2, -0.15) is 0 Å². The van der Waals surface area contributed by atoms with Crippen molar-refractivity contribution in [3.63, 3.8) is 0 Å². The van der Waals surface area contributed by atoms with Crippen molar-refractivity contribution >= 4 is 19.8 Å². The molecule has 0 aromatic heterocycles. The van der Waals surface area contributed by atoms with Crippen LogP contribution in [0.1, 0.15) is 181 Å². The van der Waals surface area contributed by atoms with Crippen molar-refractivity contribution in [2.24, 2.45) is 0 Å². The number of phosphoric acid groups is 1. The highest BCUT2D eigenvalue weighted by Crippen LogP contribution is 2.43. The first-order valence-corrected chi connectivity index (χ1v) is 24.8. The number of nitrogens with one attached hydrogen (secondary N) is 1. The van der Waals surface area contributed by atoms with Crippen molar-refractivity contribution in [3.8, 4) is 0 Å². The maximum atomic E-state index is 12.7. The Balaban J connectivity index is 2.43. The van der Waals surface area contributed by atoms with Gasteiger partial charge in [0.2, 0.25) is 5.79 Å². The topological polar surface area (TPSA) is 211 Å². The van der Waals surface area contributed by atoms with Gasteiger partial charge in [0.1, 0.15) is 24.9 Å². The van der Waals surface area contributed by atoms with Crippen LogP contribution in [0.4, 0.5) is 0 Å². The minimum Gasteiger partial charge on any atom is -0.462 e. The number of rotatable bonds is 40. The first-order valence-electron chi connectivity index (χ1n) is 23.3. The predicted molar refractivity (Wildman–Crippen MR) is 234 cm³/mol. The number of ether oxygens (including phenoxy) is 3. The number of phosphoric ester groups is 1. The van der Waals surface area contributed by atoms with E-state index in [-0.39, 0.29) is 39.1 Å². The zero-order chi connectivity index (χ0) is 44.2. The van der Waals surface area contributed by atoms with Crippen LogP contribution in [-0.2, 0) is 37.4 Å². The molecule has 0 spiro atoms. The van der Waals surface area contributed by atoms with Gasteiger partial charge in [0.15, 0.2) is 6.10 Å². The number of unbranched alkanes of at least 4 members (excludes halogenated alkanes) is 20. The average Bonchev–Trinajstić information content (AvgIpc) is 3.22. The van der Waals surface area contributed by atoms with E-state index >= 15 is 0 Å². The molecule has 1 rings (SSSR count). The molecule has 352 valence electrons. The molecule has 1 fully saturated rings. The SMILES string of the molecule is CCCCC/C=C\C/C=C\CCCCCCCC(=O)O[C@H](COC(=O)CCCCCCCCCCCCCCC)COP(=O)(O)OCCNC[C@@]1(O)OC[C@@H](O)[C@@H](O)[C@@H]1O. The summed E-state index contributed by atoms with van der Waals surface area (Å²) >= 11 is 0. The molecule has 0 aromatic rings. The Bertz CT molecular complexity index is 1170. The third-order valence-corrected chi connectivity index (χ3v) is 11.5. The Morgan fingerprint density at radius 2 is 1.22 bits per heavy atom. The fourth-order valence-electron chi connectivity index (χ4n) is 6.75. The second-order valence-electron chi connectivity index (χ2n) is 16.2. The van der Waals surface area contributed by atoms with Crippen molar-refractivity contribution in [2.75, 3.05) is 39.5 Å². The summed E-state index contributed by atoms with van der Waals surface area (Å²) in [6, 6.07) is 0. The molecule has 0 aromatic carbocycles. The van der Waals surface area contributed by atoms with Crippen molar-refractivity contribution in [1.82, 2.24) is 5.32 Å². The third-order valence-electron chi connectivity index (χ3n) is 10.6. The number of hydrogen-bond acceptors (Lipinski definition) is 13. The Kier molecular flexibility index (Phi) is 34.5. The van der Waals surface area contributed by atoms with Gasteiger partial charge in [-0.15, -0.1) is 0 Å². The second kappa shape index (κ2) is 36.7. The van der Waals surface area contributed by atoms with Crippen LogP contribution in [-0.4, -0.2) is 107 Å². The van der Waals surface area contributed by atoms with E-state index in [1.807, 2.05) is 0 Å². The monoisotopic (exact) mass is 878 g/mol. The lowest BCUT2D eigenvalue weighted by Gasteiger charge is -2.41. The van der Waals surface area contributed by atoms with E-state index in [4.69, 9.17) is 23.3 Å². The van der Waals surface area contributed by atoms with Crippen molar-refractivity contribution in [3.05, 3.63) is 24.3 Å². The first kappa shape index (κ1) is 56.3. The summed E-state index contributed by atoms with van der Waals surface area (Å²) in [5.74, 6) is -3.16. The standard InChI is InChI=1S/C45H84NO13P/c1-3-5-7-9-11-13-15-17-18-20-22-24-26-28-30-32-42(49)59-39(35-55-41(48)31-29-27-25-23-21-19-16-14-12-10-8-6-4-2)36-58-60(53,54)57-34-33-46-38-45(52)44(51)43(50)40(47)37-56-45/h11,13,17-18,39-40,43-44,46-47,50-52H,3-10,12,14-16,19-38H2,1-2H3,(H,53,54)/b13-11-,18-17-/t39-,40-,43-,44+,45-/m1/s1. The molecule has 14 nitrogen and oxygen atoms in total. The Hall–Kier alpha value is -1.71. The lowest BCUT2D eigenvalue weighted by molar-refractivity contribution is -0.317. The van der Waals surface area contributed by atoms with Crippen molar-refractivity contribution < 1.29 is 62.7 Å². The molecule has 6 atom stereocenters. The van der Waals surface area contributed by atoms with Crippen molar-refractivity contribution in [2.45, 2.75) is 211 Å². The molecule has 1 unspecified atom stereocenters. The average molecular weight is 878 g/mol. The molecule has 1 saturated heterocycles. The number of aliphatic hydroxyl groups excluding tert-OH is 3. The number of allylic oxidation sites excluding steroid dienone is 4. The molecule has 1 aliphatic heterocycles. The van der Waals surface area contributed by atoms with Crippen LogP contribution < -0.4 is 5.32 Å². The van der Waals surface area contributed by atoms with Crippen LogP contribution in [0.5, 0.6) is 0 Å². The van der Waals surface area contributed by atoms with Gasteiger partial charge >= 0.3 is 19.8 Å². The largest absolute Gasteiger partial charge is 0.472 e. The number of esters is 2. The van der Waals surface area contributed by atoms with E-state index in [1.54, 1.807) is 0 Å². The normalized spacial score (nSPS) is 21.1. The van der Waals surface area contributed by atoms with Crippen molar-refractivity contribution in [1.29, 1.82) is 0 Å². The molecule has 0 radical (unpaired) electrons. The summed E-state index contributed by atoms with van der Waals surface area (Å²) in [7, 11) is -4.65. The Morgan fingerprint density at radius 3 is 1.80 bits per heavy atom. The van der Waals surface area contributed by atoms with Gasteiger partial charge in [-0.05, 0) is 44.9 Å². The molecule has 0 amide bonds. The smallest absolute Gasteiger partial charge is 0.462 e. The molecule has 60 heavy (non-hydrogen) atoms. The number of carbonyl (C=O) groups is 2. The maximum absolute atomic E-state index is 12.7. The number of carbonyl (C=O) groups excluding carboxylic acids is 2. The first-order chi connectivity index (χ1) is 28.9. The summed E-state index contributed by atoms with van der Waals surface area (Å²) in [5, 5.41) is 42.6. The van der Waals surface area contributed by atoms with E-state index in [2.05, 4.69) is 43.5 Å². The minimum absolute atomic E-state index is 0.0896. The molecule has 0 bridgehead atoms. The van der Waals surface area contributed by atoms with Gasteiger partial charge in [-0.3, -0.25) is 18.6 Å². The van der Waals surface area contributed by atoms with Crippen LogP contribution >= 0.6 is 7.82 Å². The van der Waals surface area contributed by atoms with Gasteiger partial charge in [0, 0.05) is 19.4 Å². The van der Waals surface area contributed by atoms with Gasteiger partial charge in [-0.1, -0.05) is 147 Å². The second-order valence-corrected chi connectivity index (χ2v) is 17.7. The van der Waals surface area contributed by atoms with Gasteiger partial charge in [0.25, 0.3) is 0 Å². The zero-order valence-electron chi connectivity index (χ0n) is 37.2. The van der Waals surface area contributed by atoms with E-state index in [0.29, 0.717) is 12.8 Å². The zero-order valence-corrected chi connectivity index (χ0v) is 38.1. The van der Waals surface area contributed by atoms with Crippen LogP contribution in [0.25, 0.3) is 0 Å². The van der Waals surface area contributed by atoms with E-state index in [9.17, 15) is 39.5 Å². The van der Waals surface area contributed by atoms with Crippen LogP contribution in [0.2, 0.25) is 0 Å². The van der Waals surface area contributed by atoms with Crippen LogP contribution in [0.15, 0.2) is 24.3 Å². The minimum atomic E-state index is -4.65. The molecule has 0 aliphatic carbocycles. The molecular formula is C45H84NO13P.